The van der Waals surface area contributed by atoms with Crippen LogP contribution in [-0.4, -0.2) is 28.6 Å². The number of furan rings is 1. The number of hydrogen-bond donors (Lipinski definition) is 3. The summed E-state index contributed by atoms with van der Waals surface area (Å²) in [6.45, 7) is 3.42. The van der Waals surface area contributed by atoms with Gasteiger partial charge in [0.05, 0.1) is 23.6 Å². The molecule has 0 radical (unpaired) electrons. The van der Waals surface area contributed by atoms with Crippen molar-refractivity contribution in [2.24, 2.45) is 0 Å². The Labute approximate surface area is 123 Å². The number of halogens is 1. The minimum Gasteiger partial charge on any atom is -0.444 e. The molecule has 0 aliphatic rings. The van der Waals surface area contributed by atoms with Crippen LogP contribution in [0.2, 0.25) is 0 Å². The first-order chi connectivity index (χ1) is 9.47. The van der Waals surface area contributed by atoms with Crippen molar-refractivity contribution in [1.29, 1.82) is 0 Å². The minimum atomic E-state index is -0.452. The van der Waals surface area contributed by atoms with Crippen LogP contribution in [0.3, 0.4) is 0 Å². The van der Waals surface area contributed by atoms with Gasteiger partial charge in [-0.2, -0.15) is 5.10 Å². The van der Waals surface area contributed by atoms with E-state index in [1.807, 2.05) is 0 Å². The fraction of sp³-hybridized carbons (Fsp3) is 0.250. The molecule has 8 heteroatoms. The number of aryl methyl sites for hydroxylation is 2. The fourth-order valence-corrected chi connectivity index (χ4v) is 1.91. The number of amides is 2. The van der Waals surface area contributed by atoms with Gasteiger partial charge < -0.3 is 15.1 Å². The molecule has 0 bridgehead atoms. The van der Waals surface area contributed by atoms with Crippen molar-refractivity contribution in [3.05, 3.63) is 34.0 Å². The second kappa shape index (κ2) is 5.91. The van der Waals surface area contributed by atoms with Crippen molar-refractivity contribution in [3.8, 4) is 0 Å². The zero-order valence-electron chi connectivity index (χ0n) is 10.9. The Bertz CT molecular complexity index is 627. The zero-order valence-corrected chi connectivity index (χ0v) is 12.5. The van der Waals surface area contributed by atoms with Gasteiger partial charge in [0.15, 0.2) is 10.4 Å². The third kappa shape index (κ3) is 3.27. The molecule has 2 rings (SSSR count). The largest absolute Gasteiger partial charge is 0.444 e. The van der Waals surface area contributed by atoms with Gasteiger partial charge >= 0.3 is 0 Å². The predicted octanol–water partition coefficient (Wildman–Crippen LogP) is 1.75. The molecule has 0 spiro atoms. The summed E-state index contributed by atoms with van der Waals surface area (Å²) in [5, 5.41) is 11.9. The first kappa shape index (κ1) is 14.3. The van der Waals surface area contributed by atoms with E-state index >= 15 is 0 Å². The van der Waals surface area contributed by atoms with Crippen LogP contribution in [0.5, 0.6) is 0 Å². The lowest BCUT2D eigenvalue weighted by molar-refractivity contribution is -0.115. The van der Waals surface area contributed by atoms with E-state index in [0.717, 1.165) is 5.69 Å². The van der Waals surface area contributed by atoms with E-state index in [1.165, 1.54) is 6.07 Å². The van der Waals surface area contributed by atoms with Crippen LogP contribution >= 0.6 is 15.9 Å². The zero-order chi connectivity index (χ0) is 14.7. The fourth-order valence-electron chi connectivity index (χ4n) is 1.60. The van der Waals surface area contributed by atoms with Crippen molar-refractivity contribution in [1.82, 2.24) is 15.5 Å². The molecule has 0 fully saturated rings. The highest BCUT2D eigenvalue weighted by molar-refractivity contribution is 9.10. The Kier molecular flexibility index (Phi) is 4.23. The molecule has 7 nitrogen and oxygen atoms in total. The van der Waals surface area contributed by atoms with Crippen LogP contribution in [-0.2, 0) is 4.79 Å². The van der Waals surface area contributed by atoms with Gasteiger partial charge in [0.1, 0.15) is 0 Å². The molecule has 0 atom stereocenters. The number of hydrogen-bond acceptors (Lipinski definition) is 4. The molecule has 2 aromatic heterocycles. The predicted molar refractivity (Wildman–Crippen MR) is 75.4 cm³/mol. The maximum absolute atomic E-state index is 11.7. The second-order valence-electron chi connectivity index (χ2n) is 4.14. The number of aromatic amines is 1. The van der Waals surface area contributed by atoms with Crippen molar-refractivity contribution >= 4 is 33.4 Å². The van der Waals surface area contributed by atoms with Gasteiger partial charge in [0, 0.05) is 0 Å². The van der Waals surface area contributed by atoms with Crippen molar-refractivity contribution < 1.29 is 14.0 Å². The van der Waals surface area contributed by atoms with Gasteiger partial charge in [-0.25, -0.2) is 0 Å². The Morgan fingerprint density at radius 1 is 1.40 bits per heavy atom. The van der Waals surface area contributed by atoms with E-state index < -0.39 is 5.91 Å². The first-order valence-electron chi connectivity index (χ1n) is 5.82. The third-order valence-corrected chi connectivity index (χ3v) is 3.03. The molecule has 0 saturated heterocycles. The molecule has 2 aromatic rings. The summed E-state index contributed by atoms with van der Waals surface area (Å²) in [4.78, 5) is 23.4. The molecule has 0 aromatic carbocycles. The number of nitrogens with one attached hydrogen (secondary N) is 3. The maximum atomic E-state index is 11.7. The summed E-state index contributed by atoms with van der Waals surface area (Å²) < 4.78 is 5.53. The summed E-state index contributed by atoms with van der Waals surface area (Å²) in [7, 11) is 0. The van der Waals surface area contributed by atoms with Gasteiger partial charge in [0.2, 0.25) is 5.91 Å². The van der Waals surface area contributed by atoms with Crippen LogP contribution in [0.4, 0.5) is 5.69 Å². The van der Waals surface area contributed by atoms with Crippen LogP contribution in [0.15, 0.2) is 21.2 Å². The Morgan fingerprint density at radius 3 is 2.70 bits per heavy atom. The smallest absolute Gasteiger partial charge is 0.287 e. The van der Waals surface area contributed by atoms with Crippen LogP contribution in [0, 0.1) is 13.8 Å². The molecular formula is C12H13BrN4O3. The first-order valence-corrected chi connectivity index (χ1v) is 6.61. The van der Waals surface area contributed by atoms with Crippen molar-refractivity contribution in [3.63, 3.8) is 0 Å². The number of carbonyl (C=O) groups excluding carboxylic acids is 2. The van der Waals surface area contributed by atoms with E-state index in [4.69, 9.17) is 4.42 Å². The van der Waals surface area contributed by atoms with E-state index in [9.17, 15) is 9.59 Å². The molecule has 0 aliphatic carbocycles. The summed E-state index contributed by atoms with van der Waals surface area (Å²) in [6.07, 6.45) is 0. The average molecular weight is 341 g/mol. The Hall–Kier alpha value is -2.09. The topological polar surface area (TPSA) is 100 Å². The maximum Gasteiger partial charge on any atom is 0.287 e. The van der Waals surface area contributed by atoms with E-state index in [2.05, 4.69) is 36.8 Å². The van der Waals surface area contributed by atoms with Crippen molar-refractivity contribution in [2.75, 3.05) is 11.9 Å². The quantitative estimate of drug-likeness (QED) is 0.789. The highest BCUT2D eigenvalue weighted by Gasteiger charge is 2.13. The standard InChI is InChI=1S/C12H13BrN4O3/c1-6-11(7(2)17-16-6)15-10(18)5-14-12(19)8-3-4-9(13)20-8/h3-4H,5H2,1-2H3,(H,14,19)(H,15,18)(H,16,17). The van der Waals surface area contributed by atoms with Gasteiger partial charge in [-0.1, -0.05) is 0 Å². The third-order valence-electron chi connectivity index (χ3n) is 2.60. The van der Waals surface area contributed by atoms with Crippen molar-refractivity contribution in [2.45, 2.75) is 13.8 Å². The highest BCUT2D eigenvalue weighted by Crippen LogP contribution is 2.16. The van der Waals surface area contributed by atoms with Gasteiger partial charge in [-0.15, -0.1) is 0 Å². The SMILES string of the molecule is Cc1n[nH]c(C)c1NC(=O)CNC(=O)c1ccc(Br)o1. The number of H-pyrrole nitrogens is 1. The monoisotopic (exact) mass is 340 g/mol. The second-order valence-corrected chi connectivity index (χ2v) is 4.93. The molecule has 106 valence electrons. The lowest BCUT2D eigenvalue weighted by Crippen LogP contribution is -2.32. The molecule has 0 saturated carbocycles. The Morgan fingerprint density at radius 2 is 2.15 bits per heavy atom. The van der Waals surface area contributed by atoms with Gasteiger partial charge in [-0.05, 0) is 41.9 Å². The lowest BCUT2D eigenvalue weighted by atomic mass is 10.3. The lowest BCUT2D eigenvalue weighted by Gasteiger charge is -2.06. The van der Waals surface area contributed by atoms with E-state index in [1.54, 1.807) is 19.9 Å². The summed E-state index contributed by atoms with van der Waals surface area (Å²) in [6, 6.07) is 3.12. The number of aromatic nitrogens is 2. The number of nitrogens with zero attached hydrogens (tertiary/aromatic N) is 1. The van der Waals surface area contributed by atoms with E-state index in [0.29, 0.717) is 16.1 Å². The number of rotatable bonds is 4. The summed E-state index contributed by atoms with van der Waals surface area (Å²) in [5.41, 5.74) is 2.08. The van der Waals surface area contributed by atoms with Crippen LogP contribution in [0.25, 0.3) is 0 Å². The minimum absolute atomic E-state index is 0.139. The molecule has 0 aliphatic heterocycles. The van der Waals surface area contributed by atoms with Gasteiger partial charge in [0.25, 0.3) is 5.91 Å². The van der Waals surface area contributed by atoms with Crippen LogP contribution < -0.4 is 10.6 Å². The molecule has 20 heavy (non-hydrogen) atoms. The number of carbonyl (C=O) groups is 2. The molecule has 2 amide bonds. The van der Waals surface area contributed by atoms with Gasteiger partial charge in [-0.3, -0.25) is 14.7 Å². The summed E-state index contributed by atoms with van der Waals surface area (Å²) >= 11 is 3.10. The molecular weight excluding hydrogens is 328 g/mol. The molecule has 2 heterocycles. The Balaban J connectivity index is 1.88. The molecule has 3 N–H and O–H groups in total. The molecule has 0 unspecified atom stereocenters. The number of anilines is 1. The van der Waals surface area contributed by atoms with Crippen LogP contribution in [0.1, 0.15) is 21.9 Å². The summed E-state index contributed by atoms with van der Waals surface area (Å²) in [5.74, 6) is -0.650. The average Bonchev–Trinajstić information content (AvgIpc) is 2.97. The normalized spacial score (nSPS) is 10.3. The highest BCUT2D eigenvalue weighted by atomic mass is 79.9. The van der Waals surface area contributed by atoms with E-state index in [-0.39, 0.29) is 18.2 Å².